The minimum atomic E-state index is -0.740. The van der Waals surface area contributed by atoms with Gasteiger partial charge in [-0.1, -0.05) is 0 Å². The molecular weight excluding hydrogens is 230 g/mol. The van der Waals surface area contributed by atoms with Crippen LogP contribution in [-0.4, -0.2) is 33.7 Å². The van der Waals surface area contributed by atoms with Crippen molar-refractivity contribution in [1.29, 1.82) is 0 Å². The molecule has 0 amide bonds. The van der Waals surface area contributed by atoms with E-state index in [2.05, 4.69) is 10.3 Å². The fourth-order valence-corrected chi connectivity index (χ4v) is 2.01. The van der Waals surface area contributed by atoms with Crippen LogP contribution in [0.2, 0.25) is 0 Å². The van der Waals surface area contributed by atoms with Gasteiger partial charge in [0.15, 0.2) is 0 Å². The van der Waals surface area contributed by atoms with Gasteiger partial charge in [0, 0.05) is 18.4 Å². The van der Waals surface area contributed by atoms with Crippen molar-refractivity contribution < 1.29 is 9.53 Å². The normalized spacial score (nSPS) is 14.6. The van der Waals surface area contributed by atoms with Crippen LogP contribution >= 0.6 is 0 Å². The van der Waals surface area contributed by atoms with E-state index in [-0.39, 0.29) is 12.0 Å². The van der Waals surface area contributed by atoms with E-state index in [0.717, 1.165) is 5.82 Å². The molecule has 1 aromatic heterocycles. The predicted molar refractivity (Wildman–Crippen MR) is 70.3 cm³/mol. The first kappa shape index (κ1) is 14.7. The number of nitrogens with zero attached hydrogens (tertiary/aromatic N) is 2. The van der Waals surface area contributed by atoms with Crippen molar-refractivity contribution in [2.45, 2.75) is 52.7 Å². The number of ether oxygens (including phenoxy) is 1. The fraction of sp³-hybridized carbons (Fsp3) is 0.692. The molecule has 102 valence electrons. The highest BCUT2D eigenvalue weighted by Gasteiger charge is 2.35. The van der Waals surface area contributed by atoms with Crippen LogP contribution < -0.4 is 5.32 Å². The molecule has 0 aliphatic heterocycles. The summed E-state index contributed by atoms with van der Waals surface area (Å²) in [6.07, 6.45) is 3.60. The van der Waals surface area contributed by atoms with E-state index in [0.29, 0.717) is 13.2 Å². The number of hydrogen-bond acceptors (Lipinski definition) is 4. The standard InChI is InChI=1S/C13H23N3O2/c1-6-18-12(17)13(5,15-10(2)3)9-16-8-7-14-11(16)4/h7-8,10,15H,6,9H2,1-5H3. The average Bonchev–Trinajstić information content (AvgIpc) is 2.63. The summed E-state index contributed by atoms with van der Waals surface area (Å²) in [7, 11) is 0. The summed E-state index contributed by atoms with van der Waals surface area (Å²) < 4.78 is 7.11. The van der Waals surface area contributed by atoms with E-state index in [1.807, 2.05) is 45.4 Å². The molecule has 1 rings (SSSR count). The Morgan fingerprint density at radius 1 is 1.61 bits per heavy atom. The highest BCUT2D eigenvalue weighted by molar-refractivity contribution is 5.80. The van der Waals surface area contributed by atoms with Gasteiger partial charge < -0.3 is 9.30 Å². The van der Waals surface area contributed by atoms with Gasteiger partial charge in [0.1, 0.15) is 11.4 Å². The molecule has 0 aromatic carbocycles. The zero-order valence-corrected chi connectivity index (χ0v) is 11.9. The monoisotopic (exact) mass is 253 g/mol. The lowest BCUT2D eigenvalue weighted by atomic mass is 10.0. The first-order chi connectivity index (χ1) is 8.39. The van der Waals surface area contributed by atoms with E-state index in [1.165, 1.54) is 0 Å². The minimum absolute atomic E-state index is 0.197. The van der Waals surface area contributed by atoms with Crippen molar-refractivity contribution in [2.24, 2.45) is 0 Å². The molecular formula is C13H23N3O2. The van der Waals surface area contributed by atoms with Crippen LogP contribution in [0.15, 0.2) is 12.4 Å². The lowest BCUT2D eigenvalue weighted by Crippen LogP contribution is -2.55. The second kappa shape index (κ2) is 6.00. The van der Waals surface area contributed by atoms with Crippen molar-refractivity contribution in [2.75, 3.05) is 6.61 Å². The number of nitrogens with one attached hydrogen (secondary N) is 1. The van der Waals surface area contributed by atoms with Crippen LogP contribution in [0.4, 0.5) is 0 Å². The number of rotatable bonds is 6. The van der Waals surface area contributed by atoms with Gasteiger partial charge in [-0.15, -0.1) is 0 Å². The van der Waals surface area contributed by atoms with Crippen LogP contribution in [0.3, 0.4) is 0 Å². The van der Waals surface area contributed by atoms with Gasteiger partial charge in [-0.3, -0.25) is 5.32 Å². The number of esters is 1. The number of aromatic nitrogens is 2. The summed E-state index contributed by atoms with van der Waals surface area (Å²) in [5.41, 5.74) is -0.740. The molecule has 0 fully saturated rings. The highest BCUT2D eigenvalue weighted by atomic mass is 16.5. The zero-order chi connectivity index (χ0) is 13.8. The summed E-state index contributed by atoms with van der Waals surface area (Å²) in [5.74, 6) is 0.655. The topological polar surface area (TPSA) is 56.2 Å². The molecule has 1 atom stereocenters. The maximum absolute atomic E-state index is 12.1. The lowest BCUT2D eigenvalue weighted by molar-refractivity contribution is -0.151. The van der Waals surface area contributed by atoms with Gasteiger partial charge >= 0.3 is 5.97 Å². The third kappa shape index (κ3) is 3.57. The minimum Gasteiger partial charge on any atom is -0.465 e. The van der Waals surface area contributed by atoms with Crippen molar-refractivity contribution in [3.8, 4) is 0 Å². The van der Waals surface area contributed by atoms with Crippen molar-refractivity contribution in [3.05, 3.63) is 18.2 Å². The van der Waals surface area contributed by atoms with E-state index < -0.39 is 5.54 Å². The van der Waals surface area contributed by atoms with Crippen LogP contribution in [0.25, 0.3) is 0 Å². The summed E-state index contributed by atoms with van der Waals surface area (Å²) in [5, 5.41) is 3.28. The second-order valence-electron chi connectivity index (χ2n) is 4.95. The molecule has 5 nitrogen and oxygen atoms in total. The van der Waals surface area contributed by atoms with Gasteiger partial charge in [0.05, 0.1) is 13.2 Å². The molecule has 0 radical (unpaired) electrons. The largest absolute Gasteiger partial charge is 0.465 e. The molecule has 18 heavy (non-hydrogen) atoms. The summed E-state index contributed by atoms with van der Waals surface area (Å²) in [6.45, 7) is 10.5. The van der Waals surface area contributed by atoms with Crippen molar-refractivity contribution >= 4 is 5.97 Å². The Hall–Kier alpha value is -1.36. The Bertz CT molecular complexity index is 401. The molecule has 0 aliphatic rings. The first-order valence-corrected chi connectivity index (χ1v) is 6.31. The Morgan fingerprint density at radius 3 is 2.72 bits per heavy atom. The molecule has 0 bridgehead atoms. The summed E-state index contributed by atoms with van der Waals surface area (Å²) in [4.78, 5) is 16.3. The molecule has 0 spiro atoms. The number of imidazole rings is 1. The maximum atomic E-state index is 12.1. The first-order valence-electron chi connectivity index (χ1n) is 6.31. The Labute approximate surface area is 109 Å². The number of carbonyl (C=O) groups excluding carboxylic acids is 1. The van der Waals surface area contributed by atoms with Gasteiger partial charge in [-0.25, -0.2) is 9.78 Å². The molecule has 1 heterocycles. The van der Waals surface area contributed by atoms with Crippen LogP contribution in [-0.2, 0) is 16.1 Å². The van der Waals surface area contributed by atoms with Gasteiger partial charge in [-0.05, 0) is 34.6 Å². The molecule has 0 saturated carbocycles. The van der Waals surface area contributed by atoms with E-state index in [9.17, 15) is 4.79 Å². The quantitative estimate of drug-likeness (QED) is 0.781. The van der Waals surface area contributed by atoms with Crippen LogP contribution in [0.5, 0.6) is 0 Å². The molecule has 1 aromatic rings. The second-order valence-corrected chi connectivity index (χ2v) is 4.95. The summed E-state index contributed by atoms with van der Waals surface area (Å²) >= 11 is 0. The number of aryl methyl sites for hydroxylation is 1. The lowest BCUT2D eigenvalue weighted by Gasteiger charge is -2.31. The summed E-state index contributed by atoms with van der Waals surface area (Å²) in [6, 6.07) is 0.197. The zero-order valence-electron chi connectivity index (χ0n) is 11.9. The van der Waals surface area contributed by atoms with Gasteiger partial charge in [-0.2, -0.15) is 0 Å². The van der Waals surface area contributed by atoms with Gasteiger partial charge in [0.2, 0.25) is 0 Å². The van der Waals surface area contributed by atoms with E-state index in [1.54, 1.807) is 6.20 Å². The third-order valence-electron chi connectivity index (χ3n) is 2.74. The van der Waals surface area contributed by atoms with Crippen LogP contribution in [0.1, 0.15) is 33.5 Å². The van der Waals surface area contributed by atoms with Crippen molar-refractivity contribution in [3.63, 3.8) is 0 Å². The Morgan fingerprint density at radius 2 is 2.28 bits per heavy atom. The molecule has 1 unspecified atom stereocenters. The number of hydrogen-bond donors (Lipinski definition) is 1. The molecule has 1 N–H and O–H groups in total. The average molecular weight is 253 g/mol. The van der Waals surface area contributed by atoms with Gasteiger partial charge in [0.25, 0.3) is 0 Å². The highest BCUT2D eigenvalue weighted by Crippen LogP contribution is 2.13. The van der Waals surface area contributed by atoms with E-state index in [4.69, 9.17) is 4.74 Å². The molecule has 5 heteroatoms. The van der Waals surface area contributed by atoms with Crippen LogP contribution in [0, 0.1) is 6.92 Å². The molecule has 0 saturated heterocycles. The molecule has 0 aliphatic carbocycles. The Kier molecular flexibility index (Phi) is 4.90. The maximum Gasteiger partial charge on any atom is 0.327 e. The predicted octanol–water partition coefficient (Wildman–Crippen LogP) is 1.51. The third-order valence-corrected chi connectivity index (χ3v) is 2.74. The Balaban J connectivity index is 2.90. The van der Waals surface area contributed by atoms with Crippen molar-refractivity contribution in [1.82, 2.24) is 14.9 Å². The SMILES string of the molecule is CCOC(=O)C(C)(Cn1ccnc1C)NC(C)C. The smallest absolute Gasteiger partial charge is 0.327 e. The number of carbonyl (C=O) groups is 1. The van der Waals surface area contributed by atoms with E-state index >= 15 is 0 Å². The fourth-order valence-electron chi connectivity index (χ4n) is 2.01.